The highest BCUT2D eigenvalue weighted by Crippen LogP contribution is 2.80. The van der Waals surface area contributed by atoms with E-state index in [0.29, 0.717) is 0 Å². The van der Waals surface area contributed by atoms with E-state index in [1.807, 2.05) is 30.3 Å². The second kappa shape index (κ2) is 2.77. The smallest absolute Gasteiger partial charge is 0.119 e. The number of allylic oxidation sites excluding steroid dienone is 1. The normalized spacial score (nSPS) is 47.2. The fourth-order valence-electron chi connectivity index (χ4n) is 5.16. The summed E-state index contributed by atoms with van der Waals surface area (Å²) >= 11 is 0. The lowest BCUT2D eigenvalue weighted by Crippen LogP contribution is -2.11. The van der Waals surface area contributed by atoms with Crippen molar-refractivity contribution in [1.29, 1.82) is 0 Å². The van der Waals surface area contributed by atoms with Gasteiger partial charge in [0.05, 0.1) is 0 Å². The van der Waals surface area contributed by atoms with E-state index >= 15 is 0 Å². The van der Waals surface area contributed by atoms with Crippen molar-refractivity contribution in [2.45, 2.75) is 6.42 Å². The van der Waals surface area contributed by atoms with Crippen LogP contribution in [0.5, 0.6) is 5.75 Å². The number of hydrogen-bond acceptors (Lipinski definition) is 1. The van der Waals surface area contributed by atoms with Crippen LogP contribution in [0.2, 0.25) is 0 Å². The minimum Gasteiger partial charge on any atom is -0.489 e. The van der Waals surface area contributed by atoms with Crippen LogP contribution < -0.4 is 4.74 Å². The second-order valence-corrected chi connectivity index (χ2v) is 6.16. The Bertz CT molecular complexity index is 504. The molecule has 86 valence electrons. The summed E-state index contributed by atoms with van der Waals surface area (Å²) in [5.41, 5.74) is 1.62. The van der Waals surface area contributed by atoms with Gasteiger partial charge in [-0.15, -0.1) is 0 Å². The molecule has 5 aliphatic carbocycles. The lowest BCUT2D eigenvalue weighted by atomic mass is 9.95. The number of rotatable bonds is 3. The standard InChI is InChI=1S/C16H16O/c1-2-4-10(5-3-1)17-8-9-6-11-12-7-13-15(11)16(13)14(9)12/h1-6,11-16H,7-8H2. The molecule has 0 aliphatic heterocycles. The molecule has 4 fully saturated rings. The molecule has 0 aromatic heterocycles. The van der Waals surface area contributed by atoms with Crippen LogP contribution in [-0.4, -0.2) is 6.61 Å². The predicted octanol–water partition coefficient (Wildman–Crippen LogP) is 3.13. The first kappa shape index (κ1) is 8.79. The summed E-state index contributed by atoms with van der Waals surface area (Å²) in [6.45, 7) is 0.831. The van der Waals surface area contributed by atoms with Crippen LogP contribution >= 0.6 is 0 Å². The molecule has 6 rings (SSSR count). The molecule has 0 amide bonds. The van der Waals surface area contributed by atoms with Crippen molar-refractivity contribution in [3.05, 3.63) is 42.0 Å². The highest BCUT2D eigenvalue weighted by atomic mass is 16.5. The Kier molecular flexibility index (Phi) is 1.43. The summed E-state index contributed by atoms with van der Waals surface area (Å²) in [6, 6.07) is 10.2. The molecule has 1 aromatic carbocycles. The van der Waals surface area contributed by atoms with Gasteiger partial charge in [0.25, 0.3) is 0 Å². The van der Waals surface area contributed by atoms with Gasteiger partial charge in [-0.1, -0.05) is 24.3 Å². The van der Waals surface area contributed by atoms with Crippen molar-refractivity contribution in [2.75, 3.05) is 6.61 Å². The van der Waals surface area contributed by atoms with Crippen LogP contribution in [0, 0.1) is 35.5 Å². The quantitative estimate of drug-likeness (QED) is 0.717. The summed E-state index contributed by atoms with van der Waals surface area (Å²) in [5, 5.41) is 0. The van der Waals surface area contributed by atoms with Gasteiger partial charge in [0.2, 0.25) is 0 Å². The van der Waals surface area contributed by atoms with Gasteiger partial charge < -0.3 is 4.74 Å². The van der Waals surface area contributed by atoms with Crippen LogP contribution in [0.15, 0.2) is 42.0 Å². The Hall–Kier alpha value is -1.24. The van der Waals surface area contributed by atoms with Crippen LogP contribution in [0.25, 0.3) is 0 Å². The van der Waals surface area contributed by atoms with E-state index in [1.54, 1.807) is 5.57 Å². The van der Waals surface area contributed by atoms with E-state index in [4.69, 9.17) is 4.74 Å². The molecule has 0 radical (unpaired) electrons. The Labute approximate surface area is 101 Å². The molecule has 6 bridgehead atoms. The maximum atomic E-state index is 5.91. The SMILES string of the molecule is C1=C(COc2ccccc2)C2C3CC4C(C13)C42. The summed E-state index contributed by atoms with van der Waals surface area (Å²) in [4.78, 5) is 0. The van der Waals surface area contributed by atoms with Gasteiger partial charge in [-0.05, 0) is 59.6 Å². The van der Waals surface area contributed by atoms with Gasteiger partial charge in [-0.3, -0.25) is 0 Å². The third-order valence-electron chi connectivity index (χ3n) is 5.63. The molecule has 0 N–H and O–H groups in total. The van der Waals surface area contributed by atoms with Gasteiger partial charge in [0.15, 0.2) is 0 Å². The van der Waals surface area contributed by atoms with Gasteiger partial charge in [-0.2, -0.15) is 0 Å². The van der Waals surface area contributed by atoms with Crippen LogP contribution in [-0.2, 0) is 0 Å². The molecule has 6 atom stereocenters. The first-order valence-electron chi connectivity index (χ1n) is 6.82. The van der Waals surface area contributed by atoms with Crippen LogP contribution in [0.4, 0.5) is 0 Å². The van der Waals surface area contributed by atoms with Crippen molar-refractivity contribution in [3.63, 3.8) is 0 Å². The Balaban J connectivity index is 1.34. The van der Waals surface area contributed by atoms with Crippen molar-refractivity contribution >= 4 is 0 Å². The van der Waals surface area contributed by atoms with Crippen molar-refractivity contribution in [1.82, 2.24) is 0 Å². The van der Waals surface area contributed by atoms with E-state index in [0.717, 1.165) is 47.9 Å². The maximum absolute atomic E-state index is 5.91. The molecule has 6 unspecified atom stereocenters. The van der Waals surface area contributed by atoms with Crippen LogP contribution in [0.3, 0.4) is 0 Å². The summed E-state index contributed by atoms with van der Waals surface area (Å²) in [5.74, 6) is 7.18. The zero-order valence-corrected chi connectivity index (χ0v) is 9.75. The fourth-order valence-corrected chi connectivity index (χ4v) is 5.16. The molecule has 17 heavy (non-hydrogen) atoms. The topological polar surface area (TPSA) is 9.23 Å². The Morgan fingerprint density at radius 1 is 1.06 bits per heavy atom. The molecule has 1 heteroatoms. The van der Waals surface area contributed by atoms with E-state index in [2.05, 4.69) is 6.08 Å². The van der Waals surface area contributed by atoms with Crippen LogP contribution in [0.1, 0.15) is 6.42 Å². The maximum Gasteiger partial charge on any atom is 0.119 e. The summed E-state index contributed by atoms with van der Waals surface area (Å²) in [7, 11) is 0. The lowest BCUT2D eigenvalue weighted by Gasteiger charge is -2.15. The molecule has 0 spiro atoms. The Morgan fingerprint density at radius 3 is 2.65 bits per heavy atom. The molecule has 0 saturated heterocycles. The molecular weight excluding hydrogens is 208 g/mol. The minimum absolute atomic E-state index is 0.831. The van der Waals surface area contributed by atoms with E-state index in [9.17, 15) is 0 Å². The second-order valence-electron chi connectivity index (χ2n) is 6.16. The molecule has 0 heterocycles. The third-order valence-corrected chi connectivity index (χ3v) is 5.63. The first-order chi connectivity index (χ1) is 8.43. The molecule has 4 saturated carbocycles. The largest absolute Gasteiger partial charge is 0.489 e. The third kappa shape index (κ3) is 0.971. The molecule has 1 nitrogen and oxygen atoms in total. The average molecular weight is 224 g/mol. The van der Waals surface area contributed by atoms with Crippen molar-refractivity contribution in [2.24, 2.45) is 35.5 Å². The highest BCUT2D eigenvalue weighted by molar-refractivity contribution is 5.38. The zero-order valence-electron chi connectivity index (χ0n) is 9.75. The molecular formula is C16H16O. The van der Waals surface area contributed by atoms with Crippen molar-refractivity contribution in [3.8, 4) is 5.75 Å². The van der Waals surface area contributed by atoms with Gasteiger partial charge in [-0.25, -0.2) is 0 Å². The first-order valence-corrected chi connectivity index (χ1v) is 6.82. The summed E-state index contributed by atoms with van der Waals surface area (Å²) in [6.07, 6.45) is 4.09. The lowest BCUT2D eigenvalue weighted by molar-refractivity contribution is 0.326. The van der Waals surface area contributed by atoms with E-state index in [-0.39, 0.29) is 0 Å². The van der Waals surface area contributed by atoms with Gasteiger partial charge in [0.1, 0.15) is 12.4 Å². The number of para-hydroxylation sites is 1. The van der Waals surface area contributed by atoms with Crippen molar-refractivity contribution < 1.29 is 4.74 Å². The highest BCUT2D eigenvalue weighted by Gasteiger charge is 2.75. The number of hydrogen-bond donors (Lipinski definition) is 0. The number of benzene rings is 1. The Morgan fingerprint density at radius 2 is 1.94 bits per heavy atom. The van der Waals surface area contributed by atoms with Gasteiger partial charge in [0, 0.05) is 0 Å². The predicted molar refractivity (Wildman–Crippen MR) is 65.6 cm³/mol. The molecule has 1 aromatic rings. The zero-order chi connectivity index (χ0) is 11.0. The fraction of sp³-hybridized carbons (Fsp3) is 0.500. The monoisotopic (exact) mass is 224 g/mol. The van der Waals surface area contributed by atoms with E-state index < -0.39 is 0 Å². The van der Waals surface area contributed by atoms with Gasteiger partial charge >= 0.3 is 0 Å². The number of ether oxygens (including phenoxy) is 1. The minimum atomic E-state index is 0.831. The summed E-state index contributed by atoms with van der Waals surface area (Å²) < 4.78 is 5.91. The average Bonchev–Trinajstić information content (AvgIpc) is 2.76. The molecule has 5 aliphatic rings. The van der Waals surface area contributed by atoms with E-state index in [1.165, 1.54) is 6.42 Å².